The first-order valence-electron chi connectivity index (χ1n) is 14.8. The molecule has 8 aromatic rings. The summed E-state index contributed by atoms with van der Waals surface area (Å²) in [5, 5.41) is 5.25. The number of ether oxygens (including phenoxy) is 1. The van der Waals surface area contributed by atoms with Crippen LogP contribution in [0.15, 0.2) is 121 Å². The van der Waals surface area contributed by atoms with Gasteiger partial charge in [0, 0.05) is 5.56 Å². The van der Waals surface area contributed by atoms with E-state index in [1.54, 1.807) is 36.4 Å². The molecule has 8 rings (SSSR count). The van der Waals surface area contributed by atoms with Gasteiger partial charge in [0.2, 0.25) is 0 Å². The van der Waals surface area contributed by atoms with E-state index in [1.807, 2.05) is 48.5 Å². The lowest BCUT2D eigenvalue weighted by atomic mass is 9.83. The molecule has 0 aliphatic heterocycles. The second kappa shape index (κ2) is 10.3. The third-order valence-electron chi connectivity index (χ3n) is 8.93. The molecule has 0 spiro atoms. The molecule has 0 unspecified atom stereocenters. The topological polar surface area (TPSA) is 9.23 Å². The van der Waals surface area contributed by atoms with Crippen LogP contribution >= 0.6 is 0 Å². The average molecular weight is 657 g/mol. The molecule has 1 nitrogen and oxygen atoms in total. The van der Waals surface area contributed by atoms with Crippen LogP contribution in [0.3, 0.4) is 0 Å². The average Bonchev–Trinajstić information content (AvgIpc) is 3.05. The van der Waals surface area contributed by atoms with E-state index >= 15 is 8.78 Å². The van der Waals surface area contributed by atoms with Gasteiger partial charge >= 0.3 is 18.5 Å². The summed E-state index contributed by atoms with van der Waals surface area (Å²) in [6.45, 7) is 0. The fourth-order valence-corrected chi connectivity index (χ4v) is 7.01. The predicted octanol–water partition coefficient (Wildman–Crippen LogP) is 12.8. The highest BCUT2D eigenvalue weighted by atomic mass is 19.4. The third-order valence-corrected chi connectivity index (χ3v) is 8.93. The Balaban J connectivity index is 1.42. The van der Waals surface area contributed by atoms with Crippen molar-refractivity contribution >= 4 is 53.9 Å². The van der Waals surface area contributed by atoms with E-state index in [0.29, 0.717) is 16.7 Å². The molecule has 0 saturated carbocycles. The van der Waals surface area contributed by atoms with Gasteiger partial charge in [-0.2, -0.15) is 22.0 Å². The van der Waals surface area contributed by atoms with Crippen LogP contribution < -0.4 is 4.74 Å². The van der Waals surface area contributed by atoms with Gasteiger partial charge in [-0.05, 0) is 88.2 Å². The Bertz CT molecular complexity index is 2470. The largest absolute Gasteiger partial charge is 0.573 e. The maximum Gasteiger partial charge on any atom is 0.573 e. The lowest BCUT2D eigenvalue weighted by Gasteiger charge is -2.25. The number of hydrogen-bond donors (Lipinski definition) is 0. The van der Waals surface area contributed by atoms with Gasteiger partial charge in [0.1, 0.15) is 5.75 Å². The molecule has 8 aromatic carbocycles. The van der Waals surface area contributed by atoms with Crippen molar-refractivity contribution < 1.29 is 39.9 Å². The summed E-state index contributed by atoms with van der Waals surface area (Å²) in [5.41, 5.74) is 1.54. The van der Waals surface area contributed by atoms with Crippen molar-refractivity contribution in [1.82, 2.24) is 0 Å². The summed E-state index contributed by atoms with van der Waals surface area (Å²) in [7, 11) is 0. The number of rotatable bonds is 4. The molecule has 0 fully saturated rings. The molecule has 238 valence electrons. The molecule has 0 N–H and O–H groups in total. The van der Waals surface area contributed by atoms with E-state index in [2.05, 4.69) is 4.74 Å². The minimum atomic E-state index is -5.81. The fraction of sp³-hybridized carbons (Fsp3) is 0.0769. The van der Waals surface area contributed by atoms with Crippen molar-refractivity contribution in [3.05, 3.63) is 127 Å². The normalized spacial score (nSPS) is 13.0. The lowest BCUT2D eigenvalue weighted by molar-refractivity contribution is -0.288. The Hall–Kier alpha value is -5.44. The van der Waals surface area contributed by atoms with Crippen molar-refractivity contribution in [2.45, 2.75) is 18.5 Å². The number of alkyl halides is 8. The monoisotopic (exact) mass is 656 g/mol. The lowest BCUT2D eigenvalue weighted by Crippen LogP contribution is -2.34. The SMILES string of the molecule is FC(F)(F)Oc1ccc(-c2ccc3ccc4c(-c5c6ccccc6c(C(F)(F)C(F)(F)F)c6ccccc56)ccc5ccc2c3c54)cc1. The van der Waals surface area contributed by atoms with Gasteiger partial charge in [-0.1, -0.05) is 109 Å². The second-order valence-corrected chi connectivity index (χ2v) is 11.6. The molecule has 0 aliphatic rings. The quantitative estimate of drug-likeness (QED) is 0.104. The molecule has 0 aromatic heterocycles. The first-order chi connectivity index (χ1) is 22.8. The molecule has 0 radical (unpaired) electrons. The molecule has 0 bridgehead atoms. The van der Waals surface area contributed by atoms with E-state index in [4.69, 9.17) is 0 Å². The van der Waals surface area contributed by atoms with Crippen molar-refractivity contribution in [3.8, 4) is 28.0 Å². The van der Waals surface area contributed by atoms with Crippen molar-refractivity contribution in [2.75, 3.05) is 0 Å². The van der Waals surface area contributed by atoms with Crippen molar-refractivity contribution in [2.24, 2.45) is 0 Å². The molecule has 0 heterocycles. The Morgan fingerprint density at radius 3 is 1.38 bits per heavy atom. The number of fused-ring (bicyclic) bond motifs is 2. The Labute approximate surface area is 266 Å². The van der Waals surface area contributed by atoms with Crippen LogP contribution in [-0.4, -0.2) is 12.5 Å². The van der Waals surface area contributed by atoms with Crippen LogP contribution in [0.1, 0.15) is 5.56 Å². The highest BCUT2D eigenvalue weighted by Crippen LogP contribution is 2.52. The van der Waals surface area contributed by atoms with E-state index in [-0.39, 0.29) is 27.3 Å². The highest BCUT2D eigenvalue weighted by Gasteiger charge is 2.60. The van der Waals surface area contributed by atoms with Crippen LogP contribution in [0.4, 0.5) is 35.1 Å². The van der Waals surface area contributed by atoms with Crippen LogP contribution in [0.2, 0.25) is 0 Å². The number of halogens is 8. The Morgan fingerprint density at radius 2 is 0.875 bits per heavy atom. The first-order valence-corrected chi connectivity index (χ1v) is 14.8. The summed E-state index contributed by atoms with van der Waals surface area (Å²) in [6, 6.07) is 32.7. The zero-order valence-corrected chi connectivity index (χ0v) is 24.5. The summed E-state index contributed by atoms with van der Waals surface area (Å²) in [6.07, 6.45) is -10.6. The molecule has 9 heteroatoms. The molecular formula is C39H20F8O. The number of benzene rings is 8. The second-order valence-electron chi connectivity index (χ2n) is 11.6. The van der Waals surface area contributed by atoms with Gasteiger partial charge in [-0.3, -0.25) is 0 Å². The fourth-order valence-electron chi connectivity index (χ4n) is 7.01. The third kappa shape index (κ3) is 4.52. The van der Waals surface area contributed by atoms with E-state index in [9.17, 15) is 26.3 Å². The van der Waals surface area contributed by atoms with E-state index in [1.165, 1.54) is 36.4 Å². The first kappa shape index (κ1) is 29.9. The van der Waals surface area contributed by atoms with Crippen LogP contribution in [-0.2, 0) is 5.92 Å². The highest BCUT2D eigenvalue weighted by molar-refractivity contribution is 6.29. The molecule has 0 amide bonds. The van der Waals surface area contributed by atoms with Gasteiger partial charge in [0.15, 0.2) is 0 Å². The zero-order chi connectivity index (χ0) is 33.6. The van der Waals surface area contributed by atoms with Gasteiger partial charge in [0.05, 0.1) is 0 Å². The van der Waals surface area contributed by atoms with E-state index in [0.717, 1.165) is 37.9 Å². The Kier molecular flexibility index (Phi) is 6.41. The summed E-state index contributed by atoms with van der Waals surface area (Å²) in [4.78, 5) is 0. The van der Waals surface area contributed by atoms with Crippen molar-refractivity contribution in [1.29, 1.82) is 0 Å². The summed E-state index contributed by atoms with van der Waals surface area (Å²) >= 11 is 0. The summed E-state index contributed by atoms with van der Waals surface area (Å²) < 4.78 is 114. The van der Waals surface area contributed by atoms with Gasteiger partial charge < -0.3 is 4.74 Å². The minimum Gasteiger partial charge on any atom is -0.406 e. The van der Waals surface area contributed by atoms with Gasteiger partial charge in [0.25, 0.3) is 0 Å². The molecule has 0 atom stereocenters. The minimum absolute atomic E-state index is 0.195. The maximum atomic E-state index is 15.3. The van der Waals surface area contributed by atoms with Gasteiger partial charge in [-0.15, -0.1) is 13.2 Å². The smallest absolute Gasteiger partial charge is 0.406 e. The van der Waals surface area contributed by atoms with E-state index < -0.39 is 24.0 Å². The standard InChI is InChI=1S/C39H20F8O/c40-37(41,38(42,43)44)36-31-7-3-1-5-26(31)35(27-6-2-4-8-32(27)36)30-20-14-23-12-18-28-25(17-11-22-13-19-29(30)34(23)33(22)28)21-9-15-24(16-10-21)48-39(45,46)47/h1-20H. The van der Waals surface area contributed by atoms with Crippen LogP contribution in [0.25, 0.3) is 76.1 Å². The summed E-state index contributed by atoms with van der Waals surface area (Å²) in [5.74, 6) is -5.45. The van der Waals surface area contributed by atoms with Gasteiger partial charge in [-0.25, -0.2) is 0 Å². The molecular weight excluding hydrogens is 636 g/mol. The number of hydrogen-bond acceptors (Lipinski definition) is 1. The molecule has 0 aliphatic carbocycles. The predicted molar refractivity (Wildman–Crippen MR) is 173 cm³/mol. The van der Waals surface area contributed by atoms with Crippen LogP contribution in [0, 0.1) is 0 Å². The molecule has 0 saturated heterocycles. The van der Waals surface area contributed by atoms with Crippen molar-refractivity contribution in [3.63, 3.8) is 0 Å². The zero-order valence-electron chi connectivity index (χ0n) is 24.5. The maximum absolute atomic E-state index is 15.3. The van der Waals surface area contributed by atoms with Crippen LogP contribution in [0.5, 0.6) is 5.75 Å². The Morgan fingerprint density at radius 1 is 0.417 bits per heavy atom. The molecule has 48 heavy (non-hydrogen) atoms.